The van der Waals surface area contributed by atoms with Gasteiger partial charge in [-0.15, -0.1) is 0 Å². The third-order valence-electron chi connectivity index (χ3n) is 5.25. The van der Waals surface area contributed by atoms with Crippen molar-refractivity contribution in [1.82, 2.24) is 15.1 Å². The van der Waals surface area contributed by atoms with Gasteiger partial charge >= 0.3 is 0 Å². The molecule has 152 valence electrons. The summed E-state index contributed by atoms with van der Waals surface area (Å²) in [6, 6.07) is 19.6. The van der Waals surface area contributed by atoms with Crippen LogP contribution in [0.4, 0.5) is 0 Å². The molecular formula is C24H18N4O3. The van der Waals surface area contributed by atoms with Crippen LogP contribution in [0.25, 0.3) is 11.3 Å². The molecule has 31 heavy (non-hydrogen) atoms. The summed E-state index contributed by atoms with van der Waals surface area (Å²) >= 11 is 0. The average Bonchev–Trinajstić information content (AvgIpc) is 3.48. The van der Waals surface area contributed by atoms with Crippen LogP contribution in [0.1, 0.15) is 33.9 Å². The zero-order chi connectivity index (χ0) is 21.2. The van der Waals surface area contributed by atoms with Crippen molar-refractivity contribution in [2.75, 3.05) is 0 Å². The van der Waals surface area contributed by atoms with Crippen molar-refractivity contribution in [1.29, 1.82) is 0 Å². The number of amides is 1. The first-order valence-corrected chi connectivity index (χ1v) is 9.82. The molecule has 1 aliphatic heterocycles. The predicted molar refractivity (Wildman–Crippen MR) is 114 cm³/mol. The van der Waals surface area contributed by atoms with E-state index < -0.39 is 6.04 Å². The number of aromatic hydroxyl groups is 1. The highest BCUT2D eigenvalue weighted by Gasteiger charge is 2.36. The summed E-state index contributed by atoms with van der Waals surface area (Å²) in [5.41, 5.74) is 3.22. The van der Waals surface area contributed by atoms with Crippen molar-refractivity contribution in [3.05, 3.63) is 102 Å². The van der Waals surface area contributed by atoms with Gasteiger partial charge in [0.25, 0.3) is 5.91 Å². The van der Waals surface area contributed by atoms with Crippen LogP contribution in [0.2, 0.25) is 0 Å². The second-order valence-electron chi connectivity index (χ2n) is 7.15. The highest BCUT2D eigenvalue weighted by atomic mass is 16.5. The molecule has 4 aromatic rings. The van der Waals surface area contributed by atoms with Crippen molar-refractivity contribution in [3.63, 3.8) is 0 Å². The van der Waals surface area contributed by atoms with Gasteiger partial charge in [0.1, 0.15) is 11.3 Å². The number of phenolic OH excluding ortho intramolecular Hbond substituents is 1. The molecule has 1 amide bonds. The molecule has 5 rings (SSSR count). The minimum Gasteiger partial charge on any atom is -0.508 e. The van der Waals surface area contributed by atoms with E-state index in [9.17, 15) is 9.90 Å². The number of hydrazone groups is 1. The molecule has 2 aromatic heterocycles. The normalized spacial score (nSPS) is 15.7. The van der Waals surface area contributed by atoms with Crippen molar-refractivity contribution in [3.8, 4) is 17.1 Å². The van der Waals surface area contributed by atoms with Gasteiger partial charge in [-0.25, -0.2) is 5.01 Å². The SMILES string of the molecule is O=C(c1cnoc1-c1ccccc1)N1N=C(c2cccnc2)CC1c1ccccc1O. The highest BCUT2D eigenvalue weighted by Crippen LogP contribution is 2.38. The molecule has 0 saturated heterocycles. The van der Waals surface area contributed by atoms with Crippen LogP contribution in [0, 0.1) is 0 Å². The quantitative estimate of drug-likeness (QED) is 0.537. The molecule has 7 heteroatoms. The van der Waals surface area contributed by atoms with Gasteiger partial charge in [0, 0.05) is 35.5 Å². The number of benzene rings is 2. The number of para-hydroxylation sites is 1. The van der Waals surface area contributed by atoms with Crippen LogP contribution in [-0.2, 0) is 0 Å². The van der Waals surface area contributed by atoms with E-state index >= 15 is 0 Å². The van der Waals surface area contributed by atoms with Crippen LogP contribution in [0.15, 0.2) is 94.9 Å². The third kappa shape index (κ3) is 3.46. The summed E-state index contributed by atoms with van der Waals surface area (Å²) in [5, 5.41) is 20.3. The number of phenols is 1. The first-order chi connectivity index (χ1) is 15.2. The van der Waals surface area contributed by atoms with Crippen LogP contribution < -0.4 is 0 Å². The van der Waals surface area contributed by atoms with E-state index in [0.717, 1.165) is 11.1 Å². The van der Waals surface area contributed by atoms with E-state index in [1.165, 1.54) is 11.2 Å². The summed E-state index contributed by atoms with van der Waals surface area (Å²) in [6.45, 7) is 0. The Labute approximate surface area is 178 Å². The molecule has 2 aromatic carbocycles. The first-order valence-electron chi connectivity index (χ1n) is 9.82. The lowest BCUT2D eigenvalue weighted by atomic mass is 9.98. The fourth-order valence-corrected chi connectivity index (χ4v) is 3.73. The molecular weight excluding hydrogens is 392 g/mol. The van der Waals surface area contributed by atoms with Crippen molar-refractivity contribution >= 4 is 11.6 Å². The van der Waals surface area contributed by atoms with Crippen molar-refractivity contribution in [2.45, 2.75) is 12.5 Å². The molecule has 0 aliphatic carbocycles. The van der Waals surface area contributed by atoms with Crippen LogP contribution >= 0.6 is 0 Å². The highest BCUT2D eigenvalue weighted by molar-refractivity contribution is 6.06. The van der Waals surface area contributed by atoms with E-state index in [4.69, 9.17) is 4.52 Å². The van der Waals surface area contributed by atoms with Gasteiger partial charge in [0.15, 0.2) is 5.76 Å². The lowest BCUT2D eigenvalue weighted by Crippen LogP contribution is -2.27. The summed E-state index contributed by atoms with van der Waals surface area (Å²) < 4.78 is 5.40. The van der Waals surface area contributed by atoms with Crippen molar-refractivity contribution < 1.29 is 14.4 Å². The number of carbonyl (C=O) groups excluding carboxylic acids is 1. The van der Waals surface area contributed by atoms with E-state index in [1.54, 1.807) is 30.6 Å². The minimum atomic E-state index is -0.470. The molecule has 3 heterocycles. The Kier molecular flexibility index (Phi) is 4.76. The van der Waals surface area contributed by atoms with Gasteiger partial charge in [-0.05, 0) is 12.1 Å². The molecule has 0 radical (unpaired) electrons. The number of aromatic nitrogens is 2. The van der Waals surface area contributed by atoms with Crippen LogP contribution in [0.5, 0.6) is 5.75 Å². The van der Waals surface area contributed by atoms with Gasteiger partial charge in [-0.1, -0.05) is 59.8 Å². The van der Waals surface area contributed by atoms with Gasteiger partial charge in [0.05, 0.1) is 18.0 Å². The maximum atomic E-state index is 13.6. The number of hydrogen-bond donors (Lipinski definition) is 1. The third-order valence-corrected chi connectivity index (χ3v) is 5.25. The Balaban J connectivity index is 1.58. The molecule has 7 nitrogen and oxygen atoms in total. The lowest BCUT2D eigenvalue weighted by molar-refractivity contribution is 0.0710. The fourth-order valence-electron chi connectivity index (χ4n) is 3.73. The van der Waals surface area contributed by atoms with Gasteiger partial charge in [-0.2, -0.15) is 5.10 Å². The first kappa shape index (κ1) is 18.7. The van der Waals surface area contributed by atoms with E-state index in [1.807, 2.05) is 48.5 Å². The largest absolute Gasteiger partial charge is 0.508 e. The molecule has 0 bridgehead atoms. The number of hydrogen-bond acceptors (Lipinski definition) is 6. The van der Waals surface area contributed by atoms with Gasteiger partial charge in [0.2, 0.25) is 0 Å². The number of rotatable bonds is 4. The summed E-state index contributed by atoms with van der Waals surface area (Å²) in [5.74, 6) is 0.139. The van der Waals surface area contributed by atoms with Gasteiger partial charge < -0.3 is 9.63 Å². The number of nitrogens with zero attached hydrogens (tertiary/aromatic N) is 4. The molecule has 1 unspecified atom stereocenters. The standard InChI is InChI=1S/C24H18N4O3/c29-22-11-5-4-10-18(22)21-13-20(17-9-6-12-25-14-17)27-28(21)24(30)19-15-26-31-23(19)16-7-2-1-3-8-16/h1-12,14-15,21,29H,13H2. The zero-order valence-corrected chi connectivity index (χ0v) is 16.4. The van der Waals surface area contributed by atoms with Crippen LogP contribution in [0.3, 0.4) is 0 Å². The Morgan fingerprint density at radius 2 is 1.74 bits per heavy atom. The maximum absolute atomic E-state index is 13.6. The zero-order valence-electron chi connectivity index (χ0n) is 16.4. The molecule has 1 N–H and O–H groups in total. The lowest BCUT2D eigenvalue weighted by Gasteiger charge is -2.22. The summed E-state index contributed by atoms with van der Waals surface area (Å²) in [7, 11) is 0. The maximum Gasteiger partial charge on any atom is 0.280 e. The Bertz CT molecular complexity index is 1250. The molecule has 0 saturated carbocycles. The second-order valence-corrected chi connectivity index (χ2v) is 7.15. The van der Waals surface area contributed by atoms with E-state index in [0.29, 0.717) is 29.0 Å². The van der Waals surface area contributed by atoms with E-state index in [2.05, 4.69) is 15.2 Å². The number of carbonyl (C=O) groups is 1. The Morgan fingerprint density at radius 3 is 2.52 bits per heavy atom. The Morgan fingerprint density at radius 1 is 0.968 bits per heavy atom. The molecule has 0 spiro atoms. The topological polar surface area (TPSA) is 91.8 Å². The van der Waals surface area contributed by atoms with Crippen molar-refractivity contribution in [2.24, 2.45) is 5.10 Å². The molecule has 1 atom stereocenters. The predicted octanol–water partition coefficient (Wildman–Crippen LogP) is 4.43. The van der Waals surface area contributed by atoms with E-state index in [-0.39, 0.29) is 11.7 Å². The summed E-state index contributed by atoms with van der Waals surface area (Å²) in [6.07, 6.45) is 5.25. The van der Waals surface area contributed by atoms with Crippen LogP contribution in [-0.4, -0.2) is 31.9 Å². The number of pyridine rings is 1. The monoisotopic (exact) mass is 410 g/mol. The smallest absolute Gasteiger partial charge is 0.280 e. The second kappa shape index (κ2) is 7.87. The minimum absolute atomic E-state index is 0.113. The average molecular weight is 410 g/mol. The molecule has 0 fully saturated rings. The molecule has 1 aliphatic rings. The fraction of sp³-hybridized carbons (Fsp3) is 0.0833. The Hall–Kier alpha value is -4.26. The summed E-state index contributed by atoms with van der Waals surface area (Å²) in [4.78, 5) is 17.8. The van der Waals surface area contributed by atoms with Gasteiger partial charge in [-0.3, -0.25) is 9.78 Å².